The molecule has 0 radical (unpaired) electrons. The lowest BCUT2D eigenvalue weighted by molar-refractivity contribution is -0.118. The lowest BCUT2D eigenvalue weighted by Gasteiger charge is -2.23. The number of carbonyl (C=O) groups excluding carboxylic acids is 2. The fourth-order valence-corrected chi connectivity index (χ4v) is 3.31. The molecule has 0 aromatic heterocycles. The lowest BCUT2D eigenvalue weighted by atomic mass is 9.86. The van der Waals surface area contributed by atoms with Gasteiger partial charge in [-0.15, -0.1) is 0 Å². The molecular weight excluding hydrogens is 432 g/mol. The molecule has 0 fully saturated rings. The molecule has 156 valence electrons. The number of carbonyl (C=O) groups is 2. The first-order valence-corrected chi connectivity index (χ1v) is 10.6. The number of nitrogens with one attached hydrogen (secondary N) is 1. The highest BCUT2D eigenvalue weighted by Crippen LogP contribution is 2.33. The summed E-state index contributed by atoms with van der Waals surface area (Å²) in [5.41, 5.74) is 2.15. The van der Waals surface area contributed by atoms with Crippen LogP contribution >= 0.6 is 15.9 Å². The Labute approximate surface area is 181 Å². The largest absolute Gasteiger partial charge is 0.483 e. The third kappa shape index (κ3) is 6.32. The number of halogens is 1. The van der Waals surface area contributed by atoms with Gasteiger partial charge in [-0.1, -0.05) is 36.7 Å². The van der Waals surface area contributed by atoms with E-state index >= 15 is 0 Å². The Morgan fingerprint density at radius 3 is 2.21 bits per heavy atom. The fourth-order valence-electron chi connectivity index (χ4n) is 2.94. The standard InChI is InChI=1S/C23H29BrN2O3/c1-6-26(7-2)22(28)16-8-11-18(12-9-16)25-21(27)15-29-20-13-10-17(24)14-19(20)23(3,4)5/h8-14H,6-7,15H2,1-5H3,(H,25,27). The average molecular weight is 461 g/mol. The topological polar surface area (TPSA) is 58.6 Å². The summed E-state index contributed by atoms with van der Waals surface area (Å²) >= 11 is 3.49. The normalized spacial score (nSPS) is 11.1. The van der Waals surface area contributed by atoms with Crippen LogP contribution in [0.5, 0.6) is 5.75 Å². The molecule has 0 saturated carbocycles. The molecule has 0 heterocycles. The zero-order valence-electron chi connectivity index (χ0n) is 17.7. The lowest BCUT2D eigenvalue weighted by Crippen LogP contribution is -2.30. The molecule has 0 saturated heterocycles. The van der Waals surface area contributed by atoms with E-state index in [1.54, 1.807) is 29.2 Å². The van der Waals surface area contributed by atoms with E-state index in [0.717, 1.165) is 10.0 Å². The van der Waals surface area contributed by atoms with Crippen LogP contribution < -0.4 is 10.1 Å². The minimum absolute atomic E-state index is 0.0128. The van der Waals surface area contributed by atoms with Gasteiger partial charge in [0.15, 0.2) is 6.61 Å². The molecule has 29 heavy (non-hydrogen) atoms. The predicted octanol–water partition coefficient (Wildman–Crippen LogP) is 5.25. The third-order valence-corrected chi connectivity index (χ3v) is 5.07. The van der Waals surface area contributed by atoms with Crippen molar-refractivity contribution in [3.63, 3.8) is 0 Å². The number of ether oxygens (including phenoxy) is 1. The van der Waals surface area contributed by atoms with Gasteiger partial charge in [0, 0.05) is 34.4 Å². The number of rotatable bonds is 7. The Hall–Kier alpha value is -2.34. The first-order chi connectivity index (χ1) is 13.7. The van der Waals surface area contributed by atoms with Crippen LogP contribution in [0.2, 0.25) is 0 Å². The zero-order valence-corrected chi connectivity index (χ0v) is 19.3. The van der Waals surface area contributed by atoms with Crippen LogP contribution in [0, 0.1) is 0 Å². The fraction of sp³-hybridized carbons (Fsp3) is 0.391. The summed E-state index contributed by atoms with van der Waals surface area (Å²) in [6.45, 7) is 11.4. The molecule has 2 rings (SSSR count). The monoisotopic (exact) mass is 460 g/mol. The second-order valence-electron chi connectivity index (χ2n) is 7.78. The van der Waals surface area contributed by atoms with Crippen molar-refractivity contribution in [2.75, 3.05) is 25.0 Å². The third-order valence-electron chi connectivity index (χ3n) is 4.57. The smallest absolute Gasteiger partial charge is 0.262 e. The van der Waals surface area contributed by atoms with Crippen molar-refractivity contribution in [2.45, 2.75) is 40.0 Å². The van der Waals surface area contributed by atoms with Crippen molar-refractivity contribution < 1.29 is 14.3 Å². The van der Waals surface area contributed by atoms with Gasteiger partial charge in [-0.2, -0.15) is 0 Å². The second kappa shape index (κ2) is 9.92. The summed E-state index contributed by atoms with van der Waals surface area (Å²) in [7, 11) is 0. The van der Waals surface area contributed by atoms with E-state index in [1.807, 2.05) is 32.0 Å². The summed E-state index contributed by atoms with van der Waals surface area (Å²) in [6.07, 6.45) is 0. The number of amides is 2. The minimum atomic E-state index is -0.254. The SMILES string of the molecule is CCN(CC)C(=O)c1ccc(NC(=O)COc2ccc(Br)cc2C(C)(C)C)cc1. The molecule has 0 aliphatic rings. The predicted molar refractivity (Wildman–Crippen MR) is 121 cm³/mol. The maximum absolute atomic E-state index is 12.4. The van der Waals surface area contributed by atoms with Crippen molar-refractivity contribution in [1.29, 1.82) is 0 Å². The van der Waals surface area contributed by atoms with E-state index in [4.69, 9.17) is 4.74 Å². The van der Waals surface area contributed by atoms with Crippen LogP contribution in [0.1, 0.15) is 50.5 Å². The Kier molecular flexibility index (Phi) is 7.85. The van der Waals surface area contributed by atoms with Gasteiger partial charge in [0.05, 0.1) is 0 Å². The Bertz CT molecular complexity index is 853. The summed E-state index contributed by atoms with van der Waals surface area (Å²) in [5, 5.41) is 2.81. The van der Waals surface area contributed by atoms with Crippen LogP contribution in [-0.2, 0) is 10.2 Å². The number of anilines is 1. The average Bonchev–Trinajstić information content (AvgIpc) is 2.67. The van der Waals surface area contributed by atoms with E-state index < -0.39 is 0 Å². The summed E-state index contributed by atoms with van der Waals surface area (Å²) < 4.78 is 6.75. The van der Waals surface area contributed by atoms with E-state index in [0.29, 0.717) is 30.1 Å². The van der Waals surface area contributed by atoms with Crippen molar-refractivity contribution in [3.05, 3.63) is 58.1 Å². The van der Waals surface area contributed by atoms with Gasteiger partial charge in [-0.3, -0.25) is 9.59 Å². The molecule has 1 N–H and O–H groups in total. The molecular formula is C23H29BrN2O3. The zero-order chi connectivity index (χ0) is 21.6. The number of benzene rings is 2. The second-order valence-corrected chi connectivity index (χ2v) is 8.70. The Morgan fingerprint density at radius 1 is 1.03 bits per heavy atom. The highest BCUT2D eigenvalue weighted by molar-refractivity contribution is 9.10. The Balaban J connectivity index is 1.99. The maximum Gasteiger partial charge on any atom is 0.262 e. The molecule has 0 bridgehead atoms. The van der Waals surface area contributed by atoms with Gasteiger partial charge in [-0.25, -0.2) is 0 Å². The van der Waals surface area contributed by atoms with E-state index in [9.17, 15) is 9.59 Å². The van der Waals surface area contributed by atoms with Gasteiger partial charge in [-0.05, 0) is 61.7 Å². The highest BCUT2D eigenvalue weighted by atomic mass is 79.9. The Morgan fingerprint density at radius 2 is 1.66 bits per heavy atom. The molecule has 0 aliphatic carbocycles. The van der Waals surface area contributed by atoms with Crippen molar-refractivity contribution in [3.8, 4) is 5.75 Å². The number of hydrogen-bond donors (Lipinski definition) is 1. The summed E-state index contributed by atoms with van der Waals surface area (Å²) in [5.74, 6) is 0.424. The van der Waals surface area contributed by atoms with Crippen molar-refractivity contribution in [1.82, 2.24) is 4.90 Å². The first-order valence-electron chi connectivity index (χ1n) is 9.77. The van der Waals surface area contributed by atoms with Crippen molar-refractivity contribution >= 4 is 33.4 Å². The molecule has 0 unspecified atom stereocenters. The van der Waals surface area contributed by atoms with Crippen LogP contribution in [-0.4, -0.2) is 36.4 Å². The molecule has 2 amide bonds. The van der Waals surface area contributed by atoms with Crippen molar-refractivity contribution in [2.24, 2.45) is 0 Å². The van der Waals surface area contributed by atoms with Gasteiger partial charge in [0.2, 0.25) is 0 Å². The van der Waals surface area contributed by atoms with Crippen LogP contribution in [0.3, 0.4) is 0 Å². The van der Waals surface area contributed by atoms with Gasteiger partial charge in [0.1, 0.15) is 5.75 Å². The van der Waals surface area contributed by atoms with E-state index in [2.05, 4.69) is 42.0 Å². The molecule has 0 spiro atoms. The van der Waals surface area contributed by atoms with Crippen LogP contribution in [0.4, 0.5) is 5.69 Å². The molecule has 0 aliphatic heterocycles. The van der Waals surface area contributed by atoms with Gasteiger partial charge in [0.25, 0.3) is 11.8 Å². The molecule has 5 nitrogen and oxygen atoms in total. The number of nitrogens with zero attached hydrogens (tertiary/aromatic N) is 1. The van der Waals surface area contributed by atoms with Crippen LogP contribution in [0.15, 0.2) is 46.9 Å². The molecule has 2 aromatic rings. The van der Waals surface area contributed by atoms with Gasteiger partial charge < -0.3 is 15.0 Å². The number of hydrogen-bond acceptors (Lipinski definition) is 3. The first kappa shape index (κ1) is 22.9. The highest BCUT2D eigenvalue weighted by Gasteiger charge is 2.20. The molecule has 0 atom stereocenters. The van der Waals surface area contributed by atoms with E-state index in [-0.39, 0.29) is 23.8 Å². The van der Waals surface area contributed by atoms with Crippen LogP contribution in [0.25, 0.3) is 0 Å². The quantitative estimate of drug-likeness (QED) is 0.613. The molecule has 6 heteroatoms. The molecule has 2 aromatic carbocycles. The van der Waals surface area contributed by atoms with E-state index in [1.165, 1.54) is 0 Å². The van der Waals surface area contributed by atoms with Gasteiger partial charge >= 0.3 is 0 Å². The summed E-state index contributed by atoms with van der Waals surface area (Å²) in [4.78, 5) is 26.4. The maximum atomic E-state index is 12.4. The summed E-state index contributed by atoms with van der Waals surface area (Å²) in [6, 6.07) is 12.7. The minimum Gasteiger partial charge on any atom is -0.483 e.